The Morgan fingerprint density at radius 1 is 0.952 bits per heavy atom. The average Bonchev–Trinajstić information content (AvgIpc) is 2.83. The first-order chi connectivity index (χ1) is 9.88. The summed E-state index contributed by atoms with van der Waals surface area (Å²) in [4.78, 5) is 6.44. The molecule has 1 N–H and O–H groups in total. The van der Waals surface area contributed by atoms with Crippen molar-refractivity contribution in [1.82, 2.24) is 9.97 Å². The van der Waals surface area contributed by atoms with Crippen LogP contribution in [0.15, 0.2) is 36.4 Å². The fraction of sp³-hybridized carbons (Fsp3) is 0.0714. The van der Waals surface area contributed by atoms with E-state index in [2.05, 4.69) is 9.97 Å². The van der Waals surface area contributed by atoms with E-state index >= 15 is 0 Å². The van der Waals surface area contributed by atoms with Crippen molar-refractivity contribution in [3.05, 3.63) is 53.6 Å². The van der Waals surface area contributed by atoms with Crippen molar-refractivity contribution in [2.45, 2.75) is 6.18 Å². The van der Waals surface area contributed by atoms with E-state index in [0.717, 1.165) is 18.2 Å². The normalized spacial score (nSPS) is 12.0. The average molecular weight is 298 g/mol. The van der Waals surface area contributed by atoms with E-state index in [0.29, 0.717) is 6.07 Å². The van der Waals surface area contributed by atoms with E-state index in [1.54, 1.807) is 0 Å². The first-order valence-corrected chi connectivity index (χ1v) is 5.88. The second-order valence-corrected chi connectivity index (χ2v) is 4.39. The lowest BCUT2D eigenvalue weighted by Crippen LogP contribution is -2.08. The Kier molecular flexibility index (Phi) is 2.93. The van der Waals surface area contributed by atoms with Gasteiger partial charge in [0.05, 0.1) is 16.6 Å². The summed E-state index contributed by atoms with van der Waals surface area (Å²) >= 11 is 0. The lowest BCUT2D eigenvalue weighted by atomic mass is 10.1. The van der Waals surface area contributed by atoms with Gasteiger partial charge in [0.2, 0.25) is 0 Å². The molecular formula is C14H7F5N2. The molecule has 0 bridgehead atoms. The Hall–Kier alpha value is -2.44. The van der Waals surface area contributed by atoms with Crippen molar-refractivity contribution in [3.63, 3.8) is 0 Å². The third-order valence-electron chi connectivity index (χ3n) is 3.02. The summed E-state index contributed by atoms with van der Waals surface area (Å²) in [6.07, 6.45) is -4.81. The number of halogens is 5. The SMILES string of the molecule is Fc1c(-c2nc3c(F)cccc3[nH]2)cccc1C(F)(F)F. The summed E-state index contributed by atoms with van der Waals surface area (Å²) < 4.78 is 65.6. The molecule has 0 spiro atoms. The molecule has 7 heteroatoms. The fourth-order valence-corrected chi connectivity index (χ4v) is 2.06. The lowest BCUT2D eigenvalue weighted by Gasteiger charge is -2.09. The molecule has 0 unspecified atom stereocenters. The molecule has 0 atom stereocenters. The van der Waals surface area contributed by atoms with Gasteiger partial charge in [0.15, 0.2) is 5.82 Å². The zero-order chi connectivity index (χ0) is 15.2. The van der Waals surface area contributed by atoms with Crippen LogP contribution in [-0.2, 0) is 6.18 Å². The van der Waals surface area contributed by atoms with Crippen molar-refractivity contribution < 1.29 is 22.0 Å². The Labute approximate surface area is 115 Å². The number of alkyl halides is 3. The Morgan fingerprint density at radius 3 is 2.33 bits per heavy atom. The molecule has 108 valence electrons. The number of imidazole rings is 1. The summed E-state index contributed by atoms with van der Waals surface area (Å²) in [6.45, 7) is 0. The maximum absolute atomic E-state index is 14.0. The molecule has 0 aliphatic heterocycles. The molecule has 1 heterocycles. The smallest absolute Gasteiger partial charge is 0.338 e. The summed E-state index contributed by atoms with van der Waals surface area (Å²) in [5, 5.41) is 0. The molecule has 3 rings (SSSR count). The number of para-hydroxylation sites is 1. The molecule has 21 heavy (non-hydrogen) atoms. The molecule has 0 saturated heterocycles. The largest absolute Gasteiger partial charge is 0.419 e. The second kappa shape index (κ2) is 4.54. The minimum atomic E-state index is -4.81. The molecule has 2 nitrogen and oxygen atoms in total. The highest BCUT2D eigenvalue weighted by molar-refractivity contribution is 5.80. The van der Waals surface area contributed by atoms with E-state index in [1.165, 1.54) is 12.1 Å². The quantitative estimate of drug-likeness (QED) is 0.657. The highest BCUT2D eigenvalue weighted by Gasteiger charge is 2.35. The van der Waals surface area contributed by atoms with Gasteiger partial charge >= 0.3 is 6.18 Å². The van der Waals surface area contributed by atoms with Crippen LogP contribution in [0.1, 0.15) is 5.56 Å². The number of hydrogen-bond acceptors (Lipinski definition) is 1. The Bertz CT molecular complexity index is 820. The van der Waals surface area contributed by atoms with Crippen molar-refractivity contribution in [1.29, 1.82) is 0 Å². The maximum Gasteiger partial charge on any atom is 0.419 e. The minimum absolute atomic E-state index is 0.0516. The summed E-state index contributed by atoms with van der Waals surface area (Å²) in [5.74, 6) is -2.23. The van der Waals surface area contributed by atoms with Crippen LogP contribution in [-0.4, -0.2) is 9.97 Å². The first kappa shape index (κ1) is 13.5. The van der Waals surface area contributed by atoms with Gasteiger partial charge in [0, 0.05) is 0 Å². The molecule has 0 amide bonds. The van der Waals surface area contributed by atoms with Crippen LogP contribution in [0, 0.1) is 11.6 Å². The molecule has 0 aliphatic carbocycles. The second-order valence-electron chi connectivity index (χ2n) is 4.39. The zero-order valence-electron chi connectivity index (χ0n) is 10.3. The third kappa shape index (κ3) is 2.24. The van der Waals surface area contributed by atoms with Gasteiger partial charge in [0.1, 0.15) is 17.2 Å². The van der Waals surface area contributed by atoms with Crippen molar-refractivity contribution in [2.24, 2.45) is 0 Å². The van der Waals surface area contributed by atoms with E-state index in [1.807, 2.05) is 0 Å². The van der Waals surface area contributed by atoms with Gasteiger partial charge in [-0.1, -0.05) is 12.1 Å². The maximum atomic E-state index is 14.0. The fourth-order valence-electron chi connectivity index (χ4n) is 2.06. The predicted molar refractivity (Wildman–Crippen MR) is 66.4 cm³/mol. The van der Waals surface area contributed by atoms with Crippen LogP contribution in [0.25, 0.3) is 22.4 Å². The Balaban J connectivity index is 2.22. The molecule has 0 saturated carbocycles. The molecule has 3 aromatic rings. The number of nitrogens with one attached hydrogen (secondary N) is 1. The summed E-state index contributed by atoms with van der Waals surface area (Å²) in [6, 6.07) is 6.95. The van der Waals surface area contributed by atoms with Crippen molar-refractivity contribution in [3.8, 4) is 11.4 Å². The minimum Gasteiger partial charge on any atom is -0.338 e. The van der Waals surface area contributed by atoms with E-state index < -0.39 is 23.4 Å². The molecule has 0 fully saturated rings. The zero-order valence-corrected chi connectivity index (χ0v) is 10.3. The van der Waals surface area contributed by atoms with Gasteiger partial charge in [-0.25, -0.2) is 13.8 Å². The number of nitrogens with zero attached hydrogens (tertiary/aromatic N) is 1. The van der Waals surface area contributed by atoms with Crippen molar-refractivity contribution >= 4 is 11.0 Å². The van der Waals surface area contributed by atoms with Gasteiger partial charge in [-0.3, -0.25) is 0 Å². The number of rotatable bonds is 1. The third-order valence-corrected chi connectivity index (χ3v) is 3.02. The van der Waals surface area contributed by atoms with Crippen LogP contribution in [0.2, 0.25) is 0 Å². The first-order valence-electron chi connectivity index (χ1n) is 5.88. The van der Waals surface area contributed by atoms with Gasteiger partial charge in [-0.05, 0) is 24.3 Å². The van der Waals surface area contributed by atoms with Crippen LogP contribution in [0.5, 0.6) is 0 Å². The Morgan fingerprint density at radius 2 is 1.67 bits per heavy atom. The number of benzene rings is 2. The topological polar surface area (TPSA) is 28.7 Å². The molecule has 1 aromatic heterocycles. The molecular weight excluding hydrogens is 291 g/mol. The van der Waals surface area contributed by atoms with Crippen LogP contribution in [0.3, 0.4) is 0 Å². The summed E-state index contributed by atoms with van der Waals surface area (Å²) in [5.41, 5.74) is -1.52. The van der Waals surface area contributed by atoms with E-state index in [-0.39, 0.29) is 22.4 Å². The number of H-pyrrole nitrogens is 1. The van der Waals surface area contributed by atoms with Crippen molar-refractivity contribution in [2.75, 3.05) is 0 Å². The van der Waals surface area contributed by atoms with Gasteiger partial charge < -0.3 is 4.98 Å². The van der Waals surface area contributed by atoms with E-state index in [9.17, 15) is 22.0 Å². The molecule has 2 aromatic carbocycles. The van der Waals surface area contributed by atoms with Crippen LogP contribution < -0.4 is 0 Å². The predicted octanol–water partition coefficient (Wildman–Crippen LogP) is 4.53. The number of hydrogen-bond donors (Lipinski definition) is 1. The van der Waals surface area contributed by atoms with Crippen LogP contribution >= 0.6 is 0 Å². The van der Waals surface area contributed by atoms with Gasteiger partial charge in [0.25, 0.3) is 0 Å². The number of aromatic nitrogens is 2. The monoisotopic (exact) mass is 298 g/mol. The highest BCUT2D eigenvalue weighted by atomic mass is 19.4. The lowest BCUT2D eigenvalue weighted by molar-refractivity contribution is -0.139. The van der Waals surface area contributed by atoms with Crippen LogP contribution in [0.4, 0.5) is 22.0 Å². The highest BCUT2D eigenvalue weighted by Crippen LogP contribution is 2.35. The standard InChI is InChI=1S/C14H7F5N2/c15-9-5-2-6-10-12(9)21-13(20-10)7-3-1-4-8(11(7)16)14(17,18)19/h1-6H,(H,20,21). The van der Waals surface area contributed by atoms with E-state index in [4.69, 9.17) is 0 Å². The van der Waals surface area contributed by atoms with Gasteiger partial charge in [-0.2, -0.15) is 13.2 Å². The molecule has 0 radical (unpaired) electrons. The van der Waals surface area contributed by atoms with Gasteiger partial charge in [-0.15, -0.1) is 0 Å². The summed E-state index contributed by atoms with van der Waals surface area (Å²) in [7, 11) is 0. The number of aromatic amines is 1. The molecule has 0 aliphatic rings. The number of fused-ring (bicyclic) bond motifs is 1.